The van der Waals surface area contributed by atoms with Crippen LogP contribution in [0.4, 0.5) is 0 Å². The van der Waals surface area contributed by atoms with Crippen molar-refractivity contribution in [2.75, 3.05) is 19.6 Å². The van der Waals surface area contributed by atoms with E-state index in [4.69, 9.17) is 0 Å². The first-order chi connectivity index (χ1) is 5.16. The third-order valence-electron chi connectivity index (χ3n) is 2.68. The molecule has 2 heteroatoms. The Morgan fingerprint density at radius 3 is 2.55 bits per heavy atom. The first-order valence-electron chi connectivity index (χ1n) is 4.60. The topological polar surface area (TPSA) is 23.5 Å². The lowest BCUT2D eigenvalue weighted by atomic mass is 9.97. The summed E-state index contributed by atoms with van der Waals surface area (Å²) in [7, 11) is 0. The average molecular weight is 155 g/mol. The number of nitrogens with zero attached hydrogens (tertiary/aromatic N) is 1. The van der Waals surface area contributed by atoms with Crippen LogP contribution in [-0.2, 0) is 0 Å². The second kappa shape index (κ2) is 2.46. The fourth-order valence-corrected chi connectivity index (χ4v) is 1.85. The summed E-state index contributed by atoms with van der Waals surface area (Å²) in [6.07, 6.45) is 4.25. The van der Waals surface area contributed by atoms with Crippen LogP contribution >= 0.6 is 0 Å². The summed E-state index contributed by atoms with van der Waals surface area (Å²) in [6.45, 7) is 4.90. The Balaban J connectivity index is 1.59. The molecule has 2 nitrogen and oxygen atoms in total. The van der Waals surface area contributed by atoms with Gasteiger partial charge in [-0.1, -0.05) is 12.8 Å². The van der Waals surface area contributed by atoms with Crippen molar-refractivity contribution < 1.29 is 5.11 Å². The highest BCUT2D eigenvalue weighted by molar-refractivity contribution is 4.91. The molecule has 0 unspecified atom stereocenters. The molecule has 0 aromatic carbocycles. The first-order valence-corrected chi connectivity index (χ1v) is 4.60. The molecule has 1 saturated carbocycles. The van der Waals surface area contributed by atoms with Gasteiger partial charge in [-0.05, 0) is 25.8 Å². The number of hydrogen-bond donors (Lipinski definition) is 1. The highest BCUT2D eigenvalue weighted by Gasteiger charge is 2.36. The van der Waals surface area contributed by atoms with Crippen molar-refractivity contribution in [2.45, 2.75) is 31.8 Å². The largest absolute Gasteiger partial charge is 0.388 e. The lowest BCUT2D eigenvalue weighted by molar-refractivity contribution is -0.0836. The van der Waals surface area contributed by atoms with Crippen molar-refractivity contribution in [3.05, 3.63) is 0 Å². The predicted octanol–water partition coefficient (Wildman–Crippen LogP) is 0.853. The molecular formula is C9H17NO. The van der Waals surface area contributed by atoms with Gasteiger partial charge < -0.3 is 5.11 Å². The van der Waals surface area contributed by atoms with Gasteiger partial charge in [0, 0.05) is 13.1 Å². The molecule has 2 rings (SSSR count). The van der Waals surface area contributed by atoms with Gasteiger partial charge in [0.15, 0.2) is 0 Å². The smallest absolute Gasteiger partial charge is 0.0872 e. The summed E-state index contributed by atoms with van der Waals surface area (Å²) in [5.41, 5.74) is -0.371. The Kier molecular flexibility index (Phi) is 1.69. The number of likely N-dealkylation sites (tertiary alicyclic amines) is 1. The van der Waals surface area contributed by atoms with Gasteiger partial charge in [-0.15, -0.1) is 0 Å². The summed E-state index contributed by atoms with van der Waals surface area (Å²) >= 11 is 0. The van der Waals surface area contributed by atoms with Crippen molar-refractivity contribution in [3.8, 4) is 0 Å². The molecule has 0 bridgehead atoms. The average Bonchev–Trinajstić information content (AvgIpc) is 2.60. The van der Waals surface area contributed by atoms with Gasteiger partial charge in [0.2, 0.25) is 0 Å². The van der Waals surface area contributed by atoms with Crippen LogP contribution in [0.3, 0.4) is 0 Å². The molecule has 0 spiro atoms. The van der Waals surface area contributed by atoms with Crippen molar-refractivity contribution in [1.29, 1.82) is 0 Å². The number of aliphatic hydroxyl groups is 1. The minimum atomic E-state index is -0.371. The number of β-amino-alcohol motifs (C(OH)–C–C–N with tert-alkyl or cyclic N) is 1. The summed E-state index contributed by atoms with van der Waals surface area (Å²) < 4.78 is 0. The molecule has 0 atom stereocenters. The molecule has 1 aliphatic heterocycles. The van der Waals surface area contributed by atoms with Gasteiger partial charge in [0.25, 0.3) is 0 Å². The van der Waals surface area contributed by atoms with Crippen LogP contribution in [0.15, 0.2) is 0 Å². The fraction of sp³-hybridized carbons (Fsp3) is 1.00. The second-order valence-corrected chi connectivity index (χ2v) is 4.44. The maximum atomic E-state index is 9.42. The normalized spacial score (nSPS) is 30.0. The molecule has 2 aliphatic rings. The summed E-state index contributed by atoms with van der Waals surface area (Å²) in [6, 6.07) is 0. The van der Waals surface area contributed by atoms with E-state index >= 15 is 0 Å². The van der Waals surface area contributed by atoms with E-state index in [0.29, 0.717) is 0 Å². The van der Waals surface area contributed by atoms with E-state index in [1.165, 1.54) is 25.8 Å². The number of rotatable bonds is 3. The van der Waals surface area contributed by atoms with E-state index < -0.39 is 0 Å². The SMILES string of the molecule is CC1(O)CN(CCC2CC2)C1. The summed E-state index contributed by atoms with van der Waals surface area (Å²) in [5.74, 6) is 1.03. The van der Waals surface area contributed by atoms with E-state index in [-0.39, 0.29) is 5.60 Å². The molecule has 0 radical (unpaired) electrons. The highest BCUT2D eigenvalue weighted by Crippen LogP contribution is 2.33. The third-order valence-corrected chi connectivity index (χ3v) is 2.68. The molecule has 0 aromatic heterocycles. The molecule has 1 saturated heterocycles. The van der Waals surface area contributed by atoms with E-state index in [0.717, 1.165) is 19.0 Å². The quantitative estimate of drug-likeness (QED) is 0.653. The van der Waals surface area contributed by atoms with E-state index in [2.05, 4.69) is 4.90 Å². The zero-order valence-corrected chi connectivity index (χ0v) is 7.21. The monoisotopic (exact) mass is 155 g/mol. The predicted molar refractivity (Wildman–Crippen MR) is 44.4 cm³/mol. The standard InChI is InChI=1S/C9H17NO/c1-9(11)6-10(7-9)5-4-8-2-3-8/h8,11H,2-7H2,1H3. The lowest BCUT2D eigenvalue weighted by Crippen LogP contribution is -2.59. The summed E-state index contributed by atoms with van der Waals surface area (Å²) in [5, 5.41) is 9.42. The Morgan fingerprint density at radius 1 is 1.45 bits per heavy atom. The zero-order valence-electron chi connectivity index (χ0n) is 7.21. The minimum Gasteiger partial charge on any atom is -0.388 e. The van der Waals surface area contributed by atoms with Gasteiger partial charge in [-0.3, -0.25) is 4.90 Å². The Labute approximate surface area is 68.2 Å². The second-order valence-electron chi connectivity index (χ2n) is 4.44. The van der Waals surface area contributed by atoms with Crippen molar-refractivity contribution in [1.82, 2.24) is 4.90 Å². The zero-order chi connectivity index (χ0) is 7.90. The first kappa shape index (κ1) is 7.56. The van der Waals surface area contributed by atoms with Crippen LogP contribution in [0, 0.1) is 5.92 Å². The Hall–Kier alpha value is -0.0800. The molecule has 2 fully saturated rings. The van der Waals surface area contributed by atoms with E-state index in [9.17, 15) is 5.11 Å². The molecular weight excluding hydrogens is 138 g/mol. The van der Waals surface area contributed by atoms with Crippen LogP contribution in [0.2, 0.25) is 0 Å². The maximum absolute atomic E-state index is 9.42. The molecule has 0 amide bonds. The molecule has 0 aromatic rings. The Morgan fingerprint density at radius 2 is 2.09 bits per heavy atom. The molecule has 64 valence electrons. The van der Waals surface area contributed by atoms with Crippen molar-refractivity contribution in [2.24, 2.45) is 5.92 Å². The van der Waals surface area contributed by atoms with Gasteiger partial charge in [-0.25, -0.2) is 0 Å². The van der Waals surface area contributed by atoms with Gasteiger partial charge >= 0.3 is 0 Å². The lowest BCUT2D eigenvalue weighted by Gasteiger charge is -2.44. The van der Waals surface area contributed by atoms with Crippen LogP contribution in [0.1, 0.15) is 26.2 Å². The van der Waals surface area contributed by atoms with E-state index in [1.807, 2.05) is 6.92 Å². The fourth-order valence-electron chi connectivity index (χ4n) is 1.85. The van der Waals surface area contributed by atoms with Crippen LogP contribution in [0.25, 0.3) is 0 Å². The summed E-state index contributed by atoms with van der Waals surface area (Å²) in [4.78, 5) is 2.35. The van der Waals surface area contributed by atoms with Gasteiger partial charge in [-0.2, -0.15) is 0 Å². The third kappa shape index (κ3) is 1.94. The molecule has 1 heterocycles. The van der Waals surface area contributed by atoms with Crippen LogP contribution < -0.4 is 0 Å². The van der Waals surface area contributed by atoms with Crippen molar-refractivity contribution in [3.63, 3.8) is 0 Å². The molecule has 1 aliphatic carbocycles. The highest BCUT2D eigenvalue weighted by atomic mass is 16.3. The van der Waals surface area contributed by atoms with Gasteiger partial charge in [0.05, 0.1) is 5.60 Å². The minimum absolute atomic E-state index is 0.371. The maximum Gasteiger partial charge on any atom is 0.0872 e. The van der Waals surface area contributed by atoms with Crippen LogP contribution in [0.5, 0.6) is 0 Å². The molecule has 1 N–H and O–H groups in total. The molecule has 11 heavy (non-hydrogen) atoms. The Bertz CT molecular complexity index is 144. The van der Waals surface area contributed by atoms with Crippen LogP contribution in [-0.4, -0.2) is 35.2 Å². The number of hydrogen-bond acceptors (Lipinski definition) is 2. The van der Waals surface area contributed by atoms with Gasteiger partial charge in [0.1, 0.15) is 0 Å². The van der Waals surface area contributed by atoms with E-state index in [1.54, 1.807) is 0 Å². The van der Waals surface area contributed by atoms with Crippen molar-refractivity contribution >= 4 is 0 Å².